The summed E-state index contributed by atoms with van der Waals surface area (Å²) in [5, 5.41) is 5.21. The van der Waals surface area contributed by atoms with Crippen LogP contribution in [0.5, 0.6) is 0 Å². The second-order valence-electron chi connectivity index (χ2n) is 2.98. The van der Waals surface area contributed by atoms with Crippen molar-refractivity contribution in [1.82, 2.24) is 9.98 Å². The lowest BCUT2D eigenvalue weighted by Gasteiger charge is -1.88. The maximum absolute atomic E-state index is 4.44. The van der Waals surface area contributed by atoms with Gasteiger partial charge in [0.05, 0.1) is 5.51 Å². The van der Waals surface area contributed by atoms with Crippen LogP contribution < -0.4 is 10.3 Å². The average Bonchev–Trinajstić information content (AvgIpc) is 2.86. The van der Waals surface area contributed by atoms with E-state index < -0.39 is 0 Å². The molecule has 2 heterocycles. The first-order valence-electron chi connectivity index (χ1n) is 4.27. The number of rotatable bonds is 1. The number of aliphatic imine (C=N–C) groups is 1. The van der Waals surface area contributed by atoms with Crippen LogP contribution in [-0.2, 0) is 0 Å². The molecule has 1 aliphatic heterocycles. The minimum atomic E-state index is 0.840. The topological polar surface area (TPSA) is 39.0 Å². The summed E-state index contributed by atoms with van der Waals surface area (Å²) in [6.45, 7) is 0. The molecule has 67 valence electrons. The third-order valence-corrected chi connectivity index (χ3v) is 2.65. The van der Waals surface area contributed by atoms with E-state index in [0.29, 0.717) is 0 Å². The van der Waals surface area contributed by atoms with Gasteiger partial charge >= 0.3 is 5.84 Å². The van der Waals surface area contributed by atoms with E-state index >= 15 is 0 Å². The standard InChI is InChI=1S/C10H7N3S/c1-2-4-8-7(3-1)12-10(13-8)9-5-14-6-11-9/h1-6,12H/q+1. The molecule has 1 aliphatic rings. The zero-order valence-electron chi connectivity index (χ0n) is 7.27. The zero-order chi connectivity index (χ0) is 9.38. The molecule has 0 atom stereocenters. The van der Waals surface area contributed by atoms with Crippen molar-refractivity contribution >= 4 is 28.5 Å². The van der Waals surface area contributed by atoms with Gasteiger partial charge in [-0.25, -0.2) is 10.3 Å². The largest absolute Gasteiger partial charge is 0.348 e. The Morgan fingerprint density at radius 2 is 2.21 bits per heavy atom. The number of hydrogen-bond donors (Lipinski definition) is 1. The van der Waals surface area contributed by atoms with Crippen LogP contribution in [0.25, 0.3) is 0 Å². The Bertz CT molecular complexity index is 488. The molecule has 0 saturated carbocycles. The van der Waals surface area contributed by atoms with Gasteiger partial charge in [-0.1, -0.05) is 12.1 Å². The first-order chi connectivity index (χ1) is 6.93. The summed E-state index contributed by atoms with van der Waals surface area (Å²) in [4.78, 5) is 8.65. The molecule has 1 N–H and O–H groups in total. The molecule has 0 amide bonds. The molecule has 0 saturated heterocycles. The van der Waals surface area contributed by atoms with E-state index in [1.54, 1.807) is 11.3 Å². The maximum atomic E-state index is 4.44. The summed E-state index contributed by atoms with van der Waals surface area (Å²) in [7, 11) is 0. The number of nitrogens with one attached hydrogen (secondary N) is 1. The predicted molar refractivity (Wildman–Crippen MR) is 58.1 cm³/mol. The highest BCUT2D eigenvalue weighted by Gasteiger charge is 2.26. The molecule has 0 unspecified atom stereocenters. The molecule has 0 aliphatic carbocycles. The van der Waals surface area contributed by atoms with Gasteiger partial charge in [-0.05, 0) is 17.1 Å². The van der Waals surface area contributed by atoms with Crippen LogP contribution in [0, 0.1) is 0 Å². The summed E-state index contributed by atoms with van der Waals surface area (Å²) >= 11 is 1.57. The Balaban J connectivity index is 2.04. The smallest absolute Gasteiger partial charge is 0.237 e. The lowest BCUT2D eigenvalue weighted by Crippen LogP contribution is -2.12. The highest BCUT2D eigenvalue weighted by atomic mass is 32.1. The maximum Gasteiger partial charge on any atom is 0.348 e. The number of aromatic nitrogens is 1. The van der Waals surface area contributed by atoms with Crippen molar-refractivity contribution in [2.24, 2.45) is 0 Å². The number of anilines is 1. The Kier molecular flexibility index (Phi) is 1.61. The predicted octanol–water partition coefficient (Wildman–Crippen LogP) is 1.98. The highest BCUT2D eigenvalue weighted by molar-refractivity contribution is 7.07. The van der Waals surface area contributed by atoms with Gasteiger partial charge in [-0.2, -0.15) is 0 Å². The molecule has 3 nitrogen and oxygen atoms in total. The van der Waals surface area contributed by atoms with Crippen LogP contribution in [0.15, 0.2) is 35.2 Å². The third kappa shape index (κ3) is 1.12. The molecule has 4 heteroatoms. The quantitative estimate of drug-likeness (QED) is 0.766. The Morgan fingerprint density at radius 3 is 3.00 bits per heavy atom. The number of thiazole rings is 1. The Hall–Kier alpha value is -1.68. The number of hydrogen-bond acceptors (Lipinski definition) is 4. The van der Waals surface area contributed by atoms with Crippen molar-refractivity contribution in [3.63, 3.8) is 0 Å². The summed E-state index contributed by atoms with van der Waals surface area (Å²) in [5.41, 5.74) is 4.75. The summed E-state index contributed by atoms with van der Waals surface area (Å²) in [6.07, 6.45) is 0. The summed E-state index contributed by atoms with van der Waals surface area (Å²) < 4.78 is 0. The van der Waals surface area contributed by atoms with Crippen LogP contribution in [0.2, 0.25) is 0 Å². The summed E-state index contributed by atoms with van der Waals surface area (Å²) in [5.74, 6) is 0.840. The van der Waals surface area contributed by atoms with Crippen molar-refractivity contribution < 1.29 is 0 Å². The zero-order valence-corrected chi connectivity index (χ0v) is 8.08. The molecular weight excluding hydrogens is 194 g/mol. The second-order valence-corrected chi connectivity index (χ2v) is 3.69. The van der Waals surface area contributed by atoms with E-state index in [9.17, 15) is 0 Å². The molecule has 0 bridgehead atoms. The van der Waals surface area contributed by atoms with E-state index in [1.165, 1.54) is 0 Å². The van der Waals surface area contributed by atoms with Crippen molar-refractivity contribution in [2.75, 3.05) is 5.32 Å². The van der Waals surface area contributed by atoms with Crippen molar-refractivity contribution in [3.05, 3.63) is 40.8 Å². The lowest BCUT2D eigenvalue weighted by molar-refractivity contribution is 1.34. The van der Waals surface area contributed by atoms with Gasteiger partial charge < -0.3 is 0 Å². The number of benzene rings is 1. The molecule has 2 aromatic rings. The third-order valence-electron chi connectivity index (χ3n) is 2.06. The van der Waals surface area contributed by atoms with Gasteiger partial charge in [-0.3, -0.25) is 0 Å². The van der Waals surface area contributed by atoms with Crippen molar-refractivity contribution in [3.8, 4) is 0 Å². The molecule has 3 rings (SSSR count). The number of fused-ring (bicyclic) bond motifs is 1. The molecular formula is C10H7N3S+. The van der Waals surface area contributed by atoms with Crippen LogP contribution in [-0.4, -0.2) is 10.8 Å². The summed E-state index contributed by atoms with van der Waals surface area (Å²) in [6, 6.07) is 7.97. The fourth-order valence-electron chi connectivity index (χ4n) is 1.40. The average molecular weight is 201 g/mol. The Morgan fingerprint density at radius 1 is 1.29 bits per heavy atom. The van der Waals surface area contributed by atoms with Gasteiger partial charge in [0.2, 0.25) is 5.69 Å². The van der Waals surface area contributed by atoms with E-state index in [2.05, 4.69) is 15.3 Å². The van der Waals surface area contributed by atoms with Crippen molar-refractivity contribution in [1.29, 1.82) is 0 Å². The first kappa shape index (κ1) is 7.70. The van der Waals surface area contributed by atoms with Crippen molar-refractivity contribution in [2.45, 2.75) is 0 Å². The first-order valence-corrected chi connectivity index (χ1v) is 5.21. The number of amidine groups is 1. The van der Waals surface area contributed by atoms with Crippen LogP contribution in [0.3, 0.4) is 0 Å². The van der Waals surface area contributed by atoms with E-state index in [0.717, 1.165) is 22.9 Å². The monoisotopic (exact) mass is 201 g/mol. The highest BCUT2D eigenvalue weighted by Crippen LogP contribution is 2.24. The minimum absolute atomic E-state index is 0.840. The SMILES string of the molecule is c1ccc2c(c1)[N+]=C(c1cscn1)N2. The molecule has 1 radical (unpaired) electrons. The van der Waals surface area contributed by atoms with E-state index in [4.69, 9.17) is 0 Å². The van der Waals surface area contributed by atoms with Gasteiger partial charge in [0, 0.05) is 5.38 Å². The Labute approximate surface area is 85.2 Å². The second kappa shape index (κ2) is 2.92. The fraction of sp³-hybridized carbons (Fsp3) is 0. The minimum Gasteiger partial charge on any atom is -0.237 e. The van der Waals surface area contributed by atoms with Crippen LogP contribution in [0.4, 0.5) is 11.4 Å². The normalized spacial score (nSPS) is 13.3. The molecule has 0 spiro atoms. The van der Waals surface area contributed by atoms with Gasteiger partial charge in [-0.15, -0.1) is 11.3 Å². The number of nitrogens with zero attached hydrogens (tertiary/aromatic N) is 2. The lowest BCUT2D eigenvalue weighted by atomic mass is 10.3. The van der Waals surface area contributed by atoms with E-state index in [-0.39, 0.29) is 0 Å². The van der Waals surface area contributed by atoms with Crippen LogP contribution >= 0.6 is 11.3 Å². The fourth-order valence-corrected chi connectivity index (χ4v) is 1.94. The van der Waals surface area contributed by atoms with Gasteiger partial charge in [0.15, 0.2) is 11.4 Å². The molecule has 14 heavy (non-hydrogen) atoms. The van der Waals surface area contributed by atoms with Crippen LogP contribution in [0.1, 0.15) is 5.69 Å². The molecule has 0 fully saturated rings. The van der Waals surface area contributed by atoms with Gasteiger partial charge in [0.25, 0.3) is 0 Å². The molecule has 1 aromatic carbocycles. The number of para-hydroxylation sites is 2. The van der Waals surface area contributed by atoms with Gasteiger partial charge in [0.1, 0.15) is 0 Å². The van der Waals surface area contributed by atoms with E-state index in [1.807, 2.05) is 35.2 Å². The molecule has 1 aromatic heterocycles.